The number of hydrogen-bond donors (Lipinski definition) is 2. The lowest BCUT2D eigenvalue weighted by Gasteiger charge is -2.23. The number of hydrogen-bond acceptors (Lipinski definition) is 4. The highest BCUT2D eigenvalue weighted by Crippen LogP contribution is 2.31. The van der Waals surface area contributed by atoms with Crippen molar-refractivity contribution in [3.63, 3.8) is 0 Å². The van der Waals surface area contributed by atoms with Gasteiger partial charge >= 0.3 is 6.61 Å². The van der Waals surface area contributed by atoms with Gasteiger partial charge in [0.15, 0.2) is 0 Å². The molecule has 0 atom stereocenters. The van der Waals surface area contributed by atoms with Gasteiger partial charge in [0.25, 0.3) is 0 Å². The average molecular weight is 275 g/mol. The molecule has 0 aromatic heterocycles. The molecule has 1 aromatic carbocycles. The van der Waals surface area contributed by atoms with E-state index in [9.17, 15) is 13.9 Å². The molecule has 0 saturated carbocycles. The molecule has 1 aromatic rings. The molecule has 4 nitrogen and oxygen atoms in total. The van der Waals surface area contributed by atoms with Gasteiger partial charge in [-0.2, -0.15) is 8.78 Å². The predicted octanol–water partition coefficient (Wildman–Crippen LogP) is 2.73. The maximum Gasteiger partial charge on any atom is 0.387 e. The Morgan fingerprint density at radius 2 is 2.05 bits per heavy atom. The van der Waals surface area contributed by atoms with Gasteiger partial charge < -0.3 is 19.9 Å². The topological polar surface area (TPSA) is 50.7 Å². The summed E-state index contributed by atoms with van der Waals surface area (Å²) in [7, 11) is 1.49. The van der Waals surface area contributed by atoms with Crippen LogP contribution < -0.4 is 14.8 Å². The maximum atomic E-state index is 12.3. The van der Waals surface area contributed by atoms with E-state index in [1.165, 1.54) is 13.2 Å². The van der Waals surface area contributed by atoms with Crippen molar-refractivity contribution < 1.29 is 23.4 Å². The summed E-state index contributed by atoms with van der Waals surface area (Å²) in [5.74, 6) is 0.579. The number of anilines is 1. The van der Waals surface area contributed by atoms with E-state index in [4.69, 9.17) is 4.74 Å². The van der Waals surface area contributed by atoms with E-state index >= 15 is 0 Å². The third-order valence-electron chi connectivity index (χ3n) is 2.59. The predicted molar refractivity (Wildman–Crippen MR) is 69.0 cm³/mol. The summed E-state index contributed by atoms with van der Waals surface area (Å²) in [6, 6.07) is 4.53. The molecule has 0 unspecified atom stereocenters. The summed E-state index contributed by atoms with van der Waals surface area (Å²) in [5.41, 5.74) is 0.0340. The monoisotopic (exact) mass is 275 g/mol. The zero-order chi connectivity index (χ0) is 14.5. The first kappa shape index (κ1) is 15.5. The largest absolute Gasteiger partial charge is 0.497 e. The molecule has 108 valence electrons. The number of ether oxygens (including phenoxy) is 2. The van der Waals surface area contributed by atoms with Crippen molar-refractivity contribution in [1.82, 2.24) is 0 Å². The quantitative estimate of drug-likeness (QED) is 0.803. The highest BCUT2D eigenvalue weighted by molar-refractivity contribution is 5.59. The third kappa shape index (κ3) is 4.90. The van der Waals surface area contributed by atoms with E-state index in [0.717, 1.165) is 0 Å². The first-order chi connectivity index (χ1) is 8.88. The molecule has 19 heavy (non-hydrogen) atoms. The molecule has 0 amide bonds. The Labute approximate surface area is 111 Å². The van der Waals surface area contributed by atoms with Gasteiger partial charge in [0.1, 0.15) is 11.5 Å². The molecule has 0 heterocycles. The SMILES string of the molecule is COc1ccc(OC(F)F)c(NCC(C)(C)CO)c1. The van der Waals surface area contributed by atoms with E-state index in [1.807, 2.05) is 13.8 Å². The van der Waals surface area contributed by atoms with Crippen molar-refractivity contribution in [1.29, 1.82) is 0 Å². The molecule has 0 aliphatic rings. The molecule has 0 spiro atoms. The fraction of sp³-hybridized carbons (Fsp3) is 0.538. The minimum absolute atomic E-state index is 0.0188. The number of aliphatic hydroxyl groups is 1. The number of aliphatic hydroxyl groups excluding tert-OH is 1. The lowest BCUT2D eigenvalue weighted by Crippen LogP contribution is -2.27. The number of rotatable bonds is 7. The van der Waals surface area contributed by atoms with Crippen molar-refractivity contribution >= 4 is 5.69 Å². The van der Waals surface area contributed by atoms with Gasteiger partial charge in [0.05, 0.1) is 12.8 Å². The van der Waals surface area contributed by atoms with E-state index in [2.05, 4.69) is 10.1 Å². The second-order valence-corrected chi connectivity index (χ2v) is 4.92. The van der Waals surface area contributed by atoms with Crippen LogP contribution in [0.5, 0.6) is 11.5 Å². The molecule has 0 fully saturated rings. The van der Waals surface area contributed by atoms with E-state index in [-0.39, 0.29) is 17.8 Å². The van der Waals surface area contributed by atoms with Crippen LogP contribution in [-0.2, 0) is 0 Å². The van der Waals surface area contributed by atoms with E-state index in [1.54, 1.807) is 12.1 Å². The smallest absolute Gasteiger partial charge is 0.387 e. The Balaban J connectivity index is 2.88. The molecular weight excluding hydrogens is 256 g/mol. The normalized spacial score (nSPS) is 11.5. The van der Waals surface area contributed by atoms with Gasteiger partial charge in [-0.15, -0.1) is 0 Å². The third-order valence-corrected chi connectivity index (χ3v) is 2.59. The van der Waals surface area contributed by atoms with Crippen LogP contribution in [-0.4, -0.2) is 32.0 Å². The fourth-order valence-electron chi connectivity index (χ4n) is 1.36. The van der Waals surface area contributed by atoms with Gasteiger partial charge in [-0.05, 0) is 12.1 Å². The Kier molecular flexibility index (Phi) is 5.35. The first-order valence-electron chi connectivity index (χ1n) is 5.85. The lowest BCUT2D eigenvalue weighted by atomic mass is 9.95. The van der Waals surface area contributed by atoms with Crippen LogP contribution in [0, 0.1) is 5.41 Å². The second kappa shape index (κ2) is 6.56. The second-order valence-electron chi connectivity index (χ2n) is 4.92. The Hall–Kier alpha value is -1.56. The van der Waals surface area contributed by atoms with Gasteiger partial charge in [-0.25, -0.2) is 0 Å². The minimum atomic E-state index is -2.89. The van der Waals surface area contributed by atoms with E-state index in [0.29, 0.717) is 18.0 Å². The maximum absolute atomic E-state index is 12.3. The molecule has 0 radical (unpaired) electrons. The summed E-state index contributed by atoms with van der Waals surface area (Å²) in [5, 5.41) is 12.2. The Morgan fingerprint density at radius 3 is 2.58 bits per heavy atom. The molecule has 0 bridgehead atoms. The summed E-state index contributed by atoms with van der Waals surface area (Å²) in [4.78, 5) is 0. The first-order valence-corrected chi connectivity index (χ1v) is 5.85. The van der Waals surface area contributed by atoms with Gasteiger partial charge in [-0.1, -0.05) is 13.8 Å². The van der Waals surface area contributed by atoms with Gasteiger partial charge in [0.2, 0.25) is 0 Å². The van der Waals surface area contributed by atoms with Crippen LogP contribution in [0.25, 0.3) is 0 Å². The summed E-state index contributed by atoms with van der Waals surface area (Å²) < 4.78 is 34.1. The van der Waals surface area contributed by atoms with Crippen molar-refractivity contribution in [3.8, 4) is 11.5 Å². The van der Waals surface area contributed by atoms with Crippen LogP contribution in [0.2, 0.25) is 0 Å². The highest BCUT2D eigenvalue weighted by atomic mass is 19.3. The molecule has 0 saturated heterocycles. The fourth-order valence-corrected chi connectivity index (χ4v) is 1.36. The number of methoxy groups -OCH3 is 1. The van der Waals surface area contributed by atoms with Crippen molar-refractivity contribution in [2.45, 2.75) is 20.5 Å². The van der Waals surface area contributed by atoms with Crippen LogP contribution in [0.3, 0.4) is 0 Å². The molecular formula is C13H19F2NO3. The zero-order valence-corrected chi connectivity index (χ0v) is 11.2. The zero-order valence-electron chi connectivity index (χ0n) is 11.2. The van der Waals surface area contributed by atoms with Crippen LogP contribution in [0.15, 0.2) is 18.2 Å². The summed E-state index contributed by atoms with van der Waals surface area (Å²) in [6.07, 6.45) is 0. The minimum Gasteiger partial charge on any atom is -0.497 e. The van der Waals surface area contributed by atoms with Crippen LogP contribution >= 0.6 is 0 Å². The number of halogens is 2. The lowest BCUT2D eigenvalue weighted by molar-refractivity contribution is -0.0494. The molecule has 2 N–H and O–H groups in total. The van der Waals surface area contributed by atoms with Crippen molar-refractivity contribution in [3.05, 3.63) is 18.2 Å². The van der Waals surface area contributed by atoms with Gasteiger partial charge in [-0.3, -0.25) is 0 Å². The summed E-state index contributed by atoms with van der Waals surface area (Å²) >= 11 is 0. The highest BCUT2D eigenvalue weighted by Gasteiger charge is 2.18. The molecule has 1 rings (SSSR count). The van der Waals surface area contributed by atoms with Crippen molar-refractivity contribution in [2.75, 3.05) is 25.6 Å². The Morgan fingerprint density at radius 1 is 1.37 bits per heavy atom. The average Bonchev–Trinajstić information content (AvgIpc) is 2.37. The molecule has 0 aliphatic heterocycles. The molecule has 0 aliphatic carbocycles. The van der Waals surface area contributed by atoms with Gasteiger partial charge in [0, 0.05) is 24.6 Å². The number of nitrogens with one attached hydrogen (secondary N) is 1. The van der Waals surface area contributed by atoms with Crippen LogP contribution in [0.4, 0.5) is 14.5 Å². The standard InChI is InChI=1S/C13H19F2NO3/c1-13(2,8-17)7-16-10-6-9(18-3)4-5-11(10)19-12(14)15/h4-6,12,16-17H,7-8H2,1-3H3. The number of alkyl halides is 2. The van der Waals surface area contributed by atoms with Crippen LogP contribution in [0.1, 0.15) is 13.8 Å². The number of benzene rings is 1. The van der Waals surface area contributed by atoms with E-state index < -0.39 is 6.61 Å². The molecule has 6 heteroatoms. The van der Waals surface area contributed by atoms with Crippen molar-refractivity contribution in [2.24, 2.45) is 5.41 Å². The Bertz CT molecular complexity index is 411. The summed E-state index contributed by atoms with van der Waals surface area (Å²) in [6.45, 7) is 1.21.